The lowest BCUT2D eigenvalue weighted by molar-refractivity contribution is 0.513. The molecule has 0 saturated heterocycles. The van der Waals surface area contributed by atoms with E-state index in [9.17, 15) is 0 Å². The molecule has 0 bridgehead atoms. The fraction of sp³-hybridized carbons (Fsp3) is 0.379. The SMILES string of the molecule is CCCCCCC1(c2ccccc2)c2ccccc2-c2ccc(C(C)(C)C)cc21. The van der Waals surface area contributed by atoms with Crippen molar-refractivity contribution < 1.29 is 0 Å². The van der Waals surface area contributed by atoms with Crippen LogP contribution in [0, 0.1) is 0 Å². The fourth-order valence-electron chi connectivity index (χ4n) is 5.10. The molecule has 29 heavy (non-hydrogen) atoms. The zero-order valence-electron chi connectivity index (χ0n) is 18.5. The molecule has 3 aromatic carbocycles. The first-order valence-corrected chi connectivity index (χ1v) is 11.3. The minimum Gasteiger partial charge on any atom is -0.0654 e. The van der Waals surface area contributed by atoms with Crippen molar-refractivity contribution in [2.45, 2.75) is 70.6 Å². The van der Waals surface area contributed by atoms with E-state index in [-0.39, 0.29) is 10.8 Å². The van der Waals surface area contributed by atoms with Gasteiger partial charge in [-0.15, -0.1) is 0 Å². The first-order valence-electron chi connectivity index (χ1n) is 11.3. The molecule has 0 fully saturated rings. The summed E-state index contributed by atoms with van der Waals surface area (Å²) in [6, 6.07) is 27.6. The van der Waals surface area contributed by atoms with Crippen LogP contribution in [0.2, 0.25) is 0 Å². The third-order valence-corrected chi connectivity index (χ3v) is 6.69. The average molecular weight is 383 g/mol. The molecule has 0 nitrogen and oxygen atoms in total. The van der Waals surface area contributed by atoms with Gasteiger partial charge in [0.15, 0.2) is 0 Å². The maximum absolute atomic E-state index is 2.52. The second-order valence-corrected chi connectivity index (χ2v) is 9.64. The summed E-state index contributed by atoms with van der Waals surface area (Å²) in [4.78, 5) is 0. The van der Waals surface area contributed by atoms with E-state index < -0.39 is 0 Å². The van der Waals surface area contributed by atoms with Crippen LogP contribution in [0.3, 0.4) is 0 Å². The average Bonchev–Trinajstić information content (AvgIpc) is 3.02. The van der Waals surface area contributed by atoms with Gasteiger partial charge in [-0.25, -0.2) is 0 Å². The molecule has 0 spiro atoms. The van der Waals surface area contributed by atoms with Crippen LogP contribution in [-0.4, -0.2) is 0 Å². The Hall–Kier alpha value is -2.34. The van der Waals surface area contributed by atoms with E-state index in [4.69, 9.17) is 0 Å². The predicted molar refractivity (Wildman–Crippen MR) is 126 cm³/mol. The minimum atomic E-state index is -0.0395. The highest BCUT2D eigenvalue weighted by molar-refractivity contribution is 5.83. The molecule has 150 valence electrons. The summed E-state index contributed by atoms with van der Waals surface area (Å²) >= 11 is 0. The van der Waals surface area contributed by atoms with Crippen molar-refractivity contribution in [2.75, 3.05) is 0 Å². The van der Waals surface area contributed by atoms with Gasteiger partial charge in [-0.3, -0.25) is 0 Å². The Kier molecular flexibility index (Phi) is 5.38. The third kappa shape index (κ3) is 3.44. The van der Waals surface area contributed by atoms with Crippen LogP contribution >= 0.6 is 0 Å². The second kappa shape index (κ2) is 7.82. The van der Waals surface area contributed by atoms with Crippen LogP contribution in [-0.2, 0) is 10.8 Å². The molecule has 3 aromatic rings. The van der Waals surface area contributed by atoms with Gasteiger partial charge in [0.2, 0.25) is 0 Å². The Morgan fingerprint density at radius 3 is 2.10 bits per heavy atom. The largest absolute Gasteiger partial charge is 0.0654 e. The number of benzene rings is 3. The Morgan fingerprint density at radius 2 is 1.38 bits per heavy atom. The highest BCUT2D eigenvalue weighted by Gasteiger charge is 2.44. The molecular weight excluding hydrogens is 348 g/mol. The molecule has 0 saturated carbocycles. The molecule has 0 heterocycles. The molecule has 1 aliphatic rings. The van der Waals surface area contributed by atoms with Gasteiger partial charge < -0.3 is 0 Å². The van der Waals surface area contributed by atoms with E-state index in [1.54, 1.807) is 0 Å². The molecule has 0 amide bonds. The number of fused-ring (bicyclic) bond motifs is 3. The fourth-order valence-corrected chi connectivity index (χ4v) is 5.10. The monoisotopic (exact) mass is 382 g/mol. The lowest BCUT2D eigenvalue weighted by Crippen LogP contribution is -2.27. The Morgan fingerprint density at radius 1 is 0.690 bits per heavy atom. The highest BCUT2D eigenvalue weighted by atomic mass is 14.5. The minimum absolute atomic E-state index is 0.0395. The molecule has 0 radical (unpaired) electrons. The van der Waals surface area contributed by atoms with E-state index in [0.717, 1.165) is 0 Å². The number of unbranched alkanes of at least 4 members (excludes halogenated alkanes) is 3. The van der Waals surface area contributed by atoms with Crippen molar-refractivity contribution in [1.29, 1.82) is 0 Å². The van der Waals surface area contributed by atoms with Crippen molar-refractivity contribution in [2.24, 2.45) is 0 Å². The smallest absolute Gasteiger partial charge is 0.0463 e. The van der Waals surface area contributed by atoms with E-state index in [1.165, 1.54) is 65.5 Å². The van der Waals surface area contributed by atoms with Crippen LogP contribution in [0.15, 0.2) is 72.8 Å². The predicted octanol–water partition coefficient (Wildman–Crippen LogP) is 8.27. The van der Waals surface area contributed by atoms with E-state index in [0.29, 0.717) is 0 Å². The molecule has 0 N–H and O–H groups in total. The molecule has 0 aromatic heterocycles. The van der Waals surface area contributed by atoms with Crippen LogP contribution in [0.25, 0.3) is 11.1 Å². The molecule has 1 unspecified atom stereocenters. The lowest BCUT2D eigenvalue weighted by Gasteiger charge is -2.34. The van der Waals surface area contributed by atoms with Crippen LogP contribution in [0.1, 0.15) is 82.1 Å². The van der Waals surface area contributed by atoms with E-state index in [1.807, 2.05) is 0 Å². The van der Waals surface area contributed by atoms with Gasteiger partial charge in [-0.2, -0.15) is 0 Å². The molecule has 1 atom stereocenters. The van der Waals surface area contributed by atoms with Crippen molar-refractivity contribution >= 4 is 0 Å². The number of hydrogen-bond acceptors (Lipinski definition) is 0. The first kappa shape index (κ1) is 20.0. The van der Waals surface area contributed by atoms with Crippen molar-refractivity contribution in [3.05, 3.63) is 95.1 Å². The summed E-state index contributed by atoms with van der Waals surface area (Å²) in [5.41, 5.74) is 8.82. The molecular formula is C29H34. The summed E-state index contributed by atoms with van der Waals surface area (Å²) < 4.78 is 0. The normalized spacial score (nSPS) is 17.8. The molecule has 0 heteroatoms. The number of hydrogen-bond donors (Lipinski definition) is 0. The van der Waals surface area contributed by atoms with E-state index >= 15 is 0 Å². The Bertz CT molecular complexity index is 974. The summed E-state index contributed by atoms with van der Waals surface area (Å²) in [6.45, 7) is 9.26. The Labute approximate surface area is 177 Å². The molecule has 0 aliphatic heterocycles. The maximum Gasteiger partial charge on any atom is 0.0463 e. The first-order chi connectivity index (χ1) is 14.0. The van der Waals surface area contributed by atoms with Crippen molar-refractivity contribution in [1.82, 2.24) is 0 Å². The zero-order chi connectivity index (χ0) is 20.5. The zero-order valence-corrected chi connectivity index (χ0v) is 18.5. The van der Waals surface area contributed by atoms with Crippen LogP contribution < -0.4 is 0 Å². The van der Waals surface area contributed by atoms with Gasteiger partial charge in [0, 0.05) is 5.41 Å². The van der Waals surface area contributed by atoms with Gasteiger partial charge >= 0.3 is 0 Å². The summed E-state index contributed by atoms with van der Waals surface area (Å²) in [5, 5.41) is 0. The number of rotatable bonds is 6. The second-order valence-electron chi connectivity index (χ2n) is 9.64. The van der Waals surface area contributed by atoms with Gasteiger partial charge in [0.1, 0.15) is 0 Å². The van der Waals surface area contributed by atoms with Gasteiger partial charge in [-0.1, -0.05) is 126 Å². The maximum atomic E-state index is 2.52. The van der Waals surface area contributed by atoms with Crippen molar-refractivity contribution in [3.8, 4) is 11.1 Å². The lowest BCUT2D eigenvalue weighted by atomic mass is 9.68. The highest BCUT2D eigenvalue weighted by Crippen LogP contribution is 2.55. The van der Waals surface area contributed by atoms with Gasteiger partial charge in [0.05, 0.1) is 0 Å². The third-order valence-electron chi connectivity index (χ3n) is 6.69. The molecule has 4 rings (SSSR count). The van der Waals surface area contributed by atoms with Crippen LogP contribution in [0.5, 0.6) is 0 Å². The van der Waals surface area contributed by atoms with E-state index in [2.05, 4.69) is 100 Å². The summed E-state index contributed by atoms with van der Waals surface area (Å²) in [7, 11) is 0. The Balaban J connectivity index is 1.96. The summed E-state index contributed by atoms with van der Waals surface area (Å²) in [5.74, 6) is 0. The standard InChI is InChI=1S/C29H34/c1-5-6-7-13-20-29(22-14-9-8-10-15-22)26-17-12-11-16-24(26)25-19-18-23(21-27(25)29)28(2,3)4/h8-12,14-19,21H,5-7,13,20H2,1-4H3. The topological polar surface area (TPSA) is 0 Å². The van der Waals surface area contributed by atoms with Crippen LogP contribution in [0.4, 0.5) is 0 Å². The van der Waals surface area contributed by atoms with Gasteiger partial charge in [0.25, 0.3) is 0 Å². The van der Waals surface area contributed by atoms with Gasteiger partial charge in [-0.05, 0) is 45.2 Å². The quantitative estimate of drug-likeness (QED) is 0.376. The molecule has 1 aliphatic carbocycles. The summed E-state index contributed by atoms with van der Waals surface area (Å²) in [6.07, 6.45) is 6.34. The van der Waals surface area contributed by atoms with Crippen molar-refractivity contribution in [3.63, 3.8) is 0 Å².